The van der Waals surface area contributed by atoms with E-state index in [1.807, 2.05) is 0 Å². The molecule has 1 amide bonds. The predicted octanol–water partition coefficient (Wildman–Crippen LogP) is 3.78. The molecule has 1 heterocycles. The summed E-state index contributed by atoms with van der Waals surface area (Å²) in [6.45, 7) is 0.297. The third-order valence-electron chi connectivity index (χ3n) is 3.60. The van der Waals surface area contributed by atoms with Crippen LogP contribution >= 0.6 is 11.6 Å². The van der Waals surface area contributed by atoms with Crippen molar-refractivity contribution in [3.63, 3.8) is 0 Å². The van der Waals surface area contributed by atoms with Gasteiger partial charge in [-0.3, -0.25) is 4.79 Å². The van der Waals surface area contributed by atoms with Crippen molar-refractivity contribution in [3.8, 4) is 5.69 Å². The van der Waals surface area contributed by atoms with Crippen LogP contribution in [0.15, 0.2) is 54.7 Å². The van der Waals surface area contributed by atoms with Gasteiger partial charge in [-0.05, 0) is 42.5 Å². The number of aromatic nitrogens is 2. The third-order valence-corrected chi connectivity index (χ3v) is 3.89. The first-order valence-electron chi connectivity index (χ1n) is 7.57. The lowest BCUT2D eigenvalue weighted by molar-refractivity contribution is 0.0950. The van der Waals surface area contributed by atoms with Gasteiger partial charge in [0.05, 0.1) is 22.0 Å². The van der Waals surface area contributed by atoms with Gasteiger partial charge in [0.1, 0.15) is 5.82 Å². The monoisotopic (exact) mass is 361 g/mol. The topological polar surface area (TPSA) is 46.9 Å². The van der Waals surface area contributed by atoms with E-state index in [0.717, 1.165) is 11.4 Å². The molecule has 3 rings (SSSR count). The van der Waals surface area contributed by atoms with E-state index in [1.54, 1.807) is 29.1 Å². The molecule has 1 aromatic heterocycles. The summed E-state index contributed by atoms with van der Waals surface area (Å²) >= 11 is 5.67. The van der Waals surface area contributed by atoms with Crippen molar-refractivity contribution in [1.29, 1.82) is 0 Å². The quantitative estimate of drug-likeness (QED) is 0.751. The second-order valence-electron chi connectivity index (χ2n) is 5.34. The van der Waals surface area contributed by atoms with Crippen LogP contribution in [-0.2, 0) is 6.42 Å². The van der Waals surface area contributed by atoms with Gasteiger partial charge in [-0.2, -0.15) is 5.10 Å². The average molecular weight is 362 g/mol. The maximum absolute atomic E-state index is 13.8. The molecule has 0 bridgehead atoms. The minimum Gasteiger partial charge on any atom is -0.352 e. The first-order chi connectivity index (χ1) is 12.0. The molecule has 1 N–H and O–H groups in total. The number of hydrogen-bond donors (Lipinski definition) is 1. The summed E-state index contributed by atoms with van der Waals surface area (Å²) in [6, 6.07) is 12.0. The maximum Gasteiger partial charge on any atom is 0.254 e. The molecular formula is C18H14ClF2N3O. The number of benzene rings is 2. The molecule has 25 heavy (non-hydrogen) atoms. The van der Waals surface area contributed by atoms with Gasteiger partial charge in [0, 0.05) is 19.2 Å². The zero-order chi connectivity index (χ0) is 17.8. The Balaban J connectivity index is 1.58. The smallest absolute Gasteiger partial charge is 0.254 e. The summed E-state index contributed by atoms with van der Waals surface area (Å²) in [5.41, 5.74) is 1.39. The fourth-order valence-electron chi connectivity index (χ4n) is 2.31. The van der Waals surface area contributed by atoms with E-state index in [9.17, 15) is 13.6 Å². The summed E-state index contributed by atoms with van der Waals surface area (Å²) in [7, 11) is 0. The molecule has 0 spiro atoms. The van der Waals surface area contributed by atoms with Crippen molar-refractivity contribution >= 4 is 17.5 Å². The highest BCUT2D eigenvalue weighted by Gasteiger charge is 2.13. The van der Waals surface area contributed by atoms with E-state index in [4.69, 9.17) is 11.6 Å². The lowest BCUT2D eigenvalue weighted by atomic mass is 10.2. The van der Waals surface area contributed by atoms with Crippen molar-refractivity contribution < 1.29 is 13.6 Å². The van der Waals surface area contributed by atoms with Gasteiger partial charge in [0.25, 0.3) is 5.91 Å². The second-order valence-corrected chi connectivity index (χ2v) is 5.74. The summed E-state index contributed by atoms with van der Waals surface area (Å²) in [5.74, 6) is -1.58. The molecule has 3 aromatic rings. The van der Waals surface area contributed by atoms with Crippen molar-refractivity contribution in [2.45, 2.75) is 6.42 Å². The number of nitrogens with one attached hydrogen (secondary N) is 1. The SMILES string of the molecule is O=C(NCCc1ccn(-c2ccc(F)cc2)n1)c1cccc(Cl)c1F. The van der Waals surface area contributed by atoms with Crippen LogP contribution in [0.5, 0.6) is 0 Å². The molecule has 0 aliphatic rings. The van der Waals surface area contributed by atoms with Crippen LogP contribution in [0.3, 0.4) is 0 Å². The molecule has 0 atom stereocenters. The molecule has 128 valence electrons. The van der Waals surface area contributed by atoms with Crippen LogP contribution < -0.4 is 5.32 Å². The van der Waals surface area contributed by atoms with Crippen molar-refractivity contribution in [1.82, 2.24) is 15.1 Å². The number of carbonyl (C=O) groups excluding carboxylic acids is 1. The third kappa shape index (κ3) is 4.03. The van der Waals surface area contributed by atoms with Gasteiger partial charge in [-0.1, -0.05) is 17.7 Å². The van der Waals surface area contributed by atoms with E-state index < -0.39 is 11.7 Å². The highest BCUT2D eigenvalue weighted by molar-refractivity contribution is 6.31. The van der Waals surface area contributed by atoms with E-state index in [1.165, 1.54) is 30.3 Å². The minimum absolute atomic E-state index is 0.0920. The van der Waals surface area contributed by atoms with Gasteiger partial charge in [0.2, 0.25) is 0 Å². The molecule has 2 aromatic carbocycles. The summed E-state index contributed by atoms with van der Waals surface area (Å²) in [4.78, 5) is 12.0. The van der Waals surface area contributed by atoms with Crippen molar-refractivity contribution in [2.24, 2.45) is 0 Å². The molecule has 0 saturated carbocycles. The second kappa shape index (κ2) is 7.44. The Labute approximate surface area is 148 Å². The zero-order valence-corrected chi connectivity index (χ0v) is 13.8. The van der Waals surface area contributed by atoms with Crippen LogP contribution in [0.25, 0.3) is 5.69 Å². The fraction of sp³-hybridized carbons (Fsp3) is 0.111. The predicted molar refractivity (Wildman–Crippen MR) is 91.0 cm³/mol. The van der Waals surface area contributed by atoms with Crippen molar-refractivity contribution in [2.75, 3.05) is 6.54 Å². The van der Waals surface area contributed by atoms with Gasteiger partial charge < -0.3 is 5.32 Å². The van der Waals surface area contributed by atoms with E-state index in [0.29, 0.717) is 13.0 Å². The summed E-state index contributed by atoms with van der Waals surface area (Å²) in [6.07, 6.45) is 2.23. The van der Waals surface area contributed by atoms with Gasteiger partial charge in [0.15, 0.2) is 5.82 Å². The first kappa shape index (κ1) is 17.1. The molecule has 0 fully saturated rings. The highest BCUT2D eigenvalue weighted by atomic mass is 35.5. The first-order valence-corrected chi connectivity index (χ1v) is 7.95. The van der Waals surface area contributed by atoms with Crippen LogP contribution in [-0.4, -0.2) is 22.2 Å². The van der Waals surface area contributed by atoms with E-state index in [2.05, 4.69) is 10.4 Å². The average Bonchev–Trinajstić information content (AvgIpc) is 3.07. The minimum atomic E-state index is -0.734. The number of amides is 1. The normalized spacial score (nSPS) is 10.7. The largest absolute Gasteiger partial charge is 0.352 e. The Kier molecular flexibility index (Phi) is 5.09. The molecule has 0 radical (unpaired) electrons. The lowest BCUT2D eigenvalue weighted by Gasteiger charge is -2.06. The van der Waals surface area contributed by atoms with Gasteiger partial charge in [-0.25, -0.2) is 13.5 Å². The molecule has 0 aliphatic heterocycles. The van der Waals surface area contributed by atoms with Crippen LogP contribution in [0.2, 0.25) is 5.02 Å². The highest BCUT2D eigenvalue weighted by Crippen LogP contribution is 2.17. The number of nitrogens with zero attached hydrogens (tertiary/aromatic N) is 2. The molecule has 0 saturated heterocycles. The Morgan fingerprint density at radius 2 is 1.88 bits per heavy atom. The Morgan fingerprint density at radius 3 is 2.64 bits per heavy atom. The fourth-order valence-corrected chi connectivity index (χ4v) is 2.49. The maximum atomic E-state index is 13.8. The number of hydrogen-bond acceptors (Lipinski definition) is 2. The summed E-state index contributed by atoms with van der Waals surface area (Å²) < 4.78 is 28.3. The van der Waals surface area contributed by atoms with E-state index in [-0.39, 0.29) is 16.4 Å². The van der Waals surface area contributed by atoms with Crippen LogP contribution in [0.4, 0.5) is 8.78 Å². The Morgan fingerprint density at radius 1 is 1.12 bits per heavy atom. The van der Waals surface area contributed by atoms with Crippen LogP contribution in [0.1, 0.15) is 16.1 Å². The van der Waals surface area contributed by atoms with E-state index >= 15 is 0 Å². The van der Waals surface area contributed by atoms with Crippen LogP contribution in [0, 0.1) is 11.6 Å². The Hall–Kier alpha value is -2.73. The standard InChI is InChI=1S/C18H14ClF2N3O/c19-16-3-1-2-15(17(16)21)18(25)22-10-8-13-9-11-24(23-13)14-6-4-12(20)5-7-14/h1-7,9,11H,8,10H2,(H,22,25). The van der Waals surface area contributed by atoms with Crippen molar-refractivity contribution in [3.05, 3.63) is 82.6 Å². The molecule has 7 heteroatoms. The lowest BCUT2D eigenvalue weighted by Crippen LogP contribution is -2.26. The van der Waals surface area contributed by atoms with Gasteiger partial charge in [-0.15, -0.1) is 0 Å². The molecule has 0 unspecified atom stereocenters. The molecular weight excluding hydrogens is 348 g/mol. The zero-order valence-electron chi connectivity index (χ0n) is 13.0. The Bertz CT molecular complexity index is 894. The molecule has 4 nitrogen and oxygen atoms in total. The van der Waals surface area contributed by atoms with Gasteiger partial charge >= 0.3 is 0 Å². The summed E-state index contributed by atoms with van der Waals surface area (Å²) in [5, 5.41) is 6.90. The number of halogens is 3. The number of rotatable bonds is 5. The molecule has 0 aliphatic carbocycles. The number of carbonyl (C=O) groups is 1.